The normalized spacial score (nSPS) is 11.4. The molecule has 0 bridgehead atoms. The fourth-order valence-electron chi connectivity index (χ4n) is 4.31. The van der Waals surface area contributed by atoms with E-state index in [1.165, 1.54) is 38.5 Å². The van der Waals surface area contributed by atoms with Gasteiger partial charge in [-0.25, -0.2) is 0 Å². The topological polar surface area (TPSA) is 78.9 Å². The molecule has 7 nitrogen and oxygen atoms in total. The molecule has 0 radical (unpaired) electrons. The van der Waals surface area contributed by atoms with Crippen LogP contribution in [0.5, 0.6) is 0 Å². The first-order chi connectivity index (χ1) is 18.4. The van der Waals surface area contributed by atoms with Gasteiger partial charge in [0.1, 0.15) is 39.5 Å². The molecule has 0 unspecified atom stereocenters. The van der Waals surface area contributed by atoms with Crippen LogP contribution in [-0.4, -0.2) is 68.9 Å². The molecule has 0 amide bonds. The Labute approximate surface area is 233 Å². The van der Waals surface area contributed by atoms with Crippen LogP contribution >= 0.6 is 0 Å². The van der Waals surface area contributed by atoms with Crippen molar-refractivity contribution >= 4 is 17.9 Å². The van der Waals surface area contributed by atoms with Gasteiger partial charge in [0.2, 0.25) is 0 Å². The number of esters is 3. The molecule has 0 aliphatic heterocycles. The molecule has 224 valence electrons. The highest BCUT2D eigenvalue weighted by molar-refractivity contribution is 5.69. The lowest BCUT2D eigenvalue weighted by atomic mass is 10.1. The largest absolute Gasteiger partial charge is 0.460 e. The van der Waals surface area contributed by atoms with Gasteiger partial charge < -0.3 is 18.7 Å². The molecular weight excluding hydrogens is 482 g/mol. The Balaban J connectivity index is 4.49. The summed E-state index contributed by atoms with van der Waals surface area (Å²) in [6.45, 7) is 9.21. The summed E-state index contributed by atoms with van der Waals surface area (Å²) in [5.74, 6) is -0.467. The predicted molar refractivity (Wildman–Crippen MR) is 154 cm³/mol. The van der Waals surface area contributed by atoms with Crippen molar-refractivity contribution in [2.45, 2.75) is 136 Å². The Morgan fingerprint density at radius 3 is 0.974 bits per heavy atom. The lowest BCUT2D eigenvalue weighted by Gasteiger charge is -2.34. The van der Waals surface area contributed by atoms with E-state index in [9.17, 15) is 14.4 Å². The van der Waals surface area contributed by atoms with E-state index in [-0.39, 0.29) is 17.9 Å². The van der Waals surface area contributed by atoms with Crippen LogP contribution < -0.4 is 0 Å². The van der Waals surface area contributed by atoms with E-state index in [1.807, 2.05) is 7.05 Å². The average molecular weight is 543 g/mol. The zero-order chi connectivity index (χ0) is 28.3. The van der Waals surface area contributed by atoms with Gasteiger partial charge in [-0.2, -0.15) is 0 Å². The molecule has 0 heterocycles. The molecule has 38 heavy (non-hydrogen) atoms. The lowest BCUT2D eigenvalue weighted by Crippen LogP contribution is -2.51. The summed E-state index contributed by atoms with van der Waals surface area (Å²) >= 11 is 0. The highest BCUT2D eigenvalue weighted by Gasteiger charge is 2.23. The van der Waals surface area contributed by atoms with Gasteiger partial charge in [-0.3, -0.25) is 14.4 Å². The number of unbranched alkanes of at least 4 members (excludes halogenated alkanes) is 12. The maximum atomic E-state index is 12.1. The number of rotatable bonds is 27. The molecule has 0 N–H and O–H groups in total. The fourth-order valence-corrected chi connectivity index (χ4v) is 4.31. The third-order valence-corrected chi connectivity index (χ3v) is 7.14. The Hall–Kier alpha value is -1.63. The number of quaternary nitrogens is 1. The van der Waals surface area contributed by atoms with Crippen LogP contribution in [0.2, 0.25) is 0 Å². The van der Waals surface area contributed by atoms with Crippen LogP contribution in [0.4, 0.5) is 0 Å². The minimum absolute atomic E-state index is 0.156. The van der Waals surface area contributed by atoms with Crippen LogP contribution in [0.25, 0.3) is 0 Å². The monoisotopic (exact) mass is 542 g/mol. The molecule has 0 aromatic heterocycles. The van der Waals surface area contributed by atoms with E-state index in [1.54, 1.807) is 0 Å². The molecule has 0 saturated heterocycles. The van der Waals surface area contributed by atoms with E-state index < -0.39 is 0 Å². The Morgan fingerprint density at radius 2 is 0.711 bits per heavy atom. The zero-order valence-corrected chi connectivity index (χ0v) is 25.4. The number of nitrogens with zero attached hydrogens (tertiary/aromatic N) is 1. The smallest absolute Gasteiger partial charge is 0.305 e. The minimum atomic E-state index is -0.156. The first-order valence-corrected chi connectivity index (χ1v) is 15.7. The van der Waals surface area contributed by atoms with Crippen LogP contribution in [0.3, 0.4) is 0 Å². The fraction of sp³-hybridized carbons (Fsp3) is 0.903. The van der Waals surface area contributed by atoms with Crippen molar-refractivity contribution in [3.8, 4) is 0 Å². The standard InChI is InChI=1S/C31H60NO6/c1-5-8-11-14-17-20-29(33)36-26-23-32(4,24-27-37-30(34)21-18-15-12-9-6-2)25-28-38-31(35)22-19-16-13-10-7-3/h5-28H2,1-4H3/q+1. The second-order valence-electron chi connectivity index (χ2n) is 10.9. The van der Waals surface area contributed by atoms with Gasteiger partial charge in [-0.05, 0) is 19.3 Å². The first-order valence-electron chi connectivity index (χ1n) is 15.7. The first kappa shape index (κ1) is 36.4. The molecule has 0 rings (SSSR count). The van der Waals surface area contributed by atoms with E-state index in [0.29, 0.717) is 63.2 Å². The maximum absolute atomic E-state index is 12.1. The Kier molecular flexibility index (Phi) is 24.5. The summed E-state index contributed by atoms with van der Waals surface area (Å²) in [5.41, 5.74) is 0. The number of ether oxygens (including phenoxy) is 3. The molecule has 0 aliphatic rings. The maximum Gasteiger partial charge on any atom is 0.305 e. The molecular formula is C31H60NO6+. The van der Waals surface area contributed by atoms with E-state index in [2.05, 4.69) is 20.8 Å². The van der Waals surface area contributed by atoms with Crippen LogP contribution in [0.1, 0.15) is 136 Å². The second kappa shape index (κ2) is 25.6. The van der Waals surface area contributed by atoms with Crippen LogP contribution in [-0.2, 0) is 28.6 Å². The van der Waals surface area contributed by atoms with Crippen LogP contribution in [0.15, 0.2) is 0 Å². The van der Waals surface area contributed by atoms with Gasteiger partial charge in [0.05, 0.1) is 7.05 Å². The lowest BCUT2D eigenvalue weighted by molar-refractivity contribution is -0.910. The van der Waals surface area contributed by atoms with Crippen LogP contribution in [0, 0.1) is 0 Å². The summed E-state index contributed by atoms with van der Waals surface area (Å²) < 4.78 is 17.0. The van der Waals surface area contributed by atoms with E-state index in [4.69, 9.17) is 14.2 Å². The number of likely N-dealkylation sites (N-methyl/N-ethyl adjacent to an activating group) is 1. The van der Waals surface area contributed by atoms with Gasteiger partial charge in [0.15, 0.2) is 0 Å². The Bertz CT molecular complexity index is 516. The average Bonchev–Trinajstić information content (AvgIpc) is 2.88. The van der Waals surface area contributed by atoms with E-state index >= 15 is 0 Å². The van der Waals surface area contributed by atoms with Crippen molar-refractivity contribution in [3.05, 3.63) is 0 Å². The number of carbonyl (C=O) groups is 3. The summed E-state index contributed by atoms with van der Waals surface area (Å²) in [7, 11) is 2.04. The minimum Gasteiger partial charge on any atom is -0.460 e. The summed E-state index contributed by atoms with van der Waals surface area (Å²) in [4.78, 5) is 36.4. The quantitative estimate of drug-likeness (QED) is 0.0475. The Morgan fingerprint density at radius 1 is 0.447 bits per heavy atom. The molecule has 0 atom stereocenters. The van der Waals surface area contributed by atoms with Gasteiger partial charge in [0, 0.05) is 19.3 Å². The molecule has 0 saturated carbocycles. The van der Waals surface area contributed by atoms with Crippen molar-refractivity contribution in [2.75, 3.05) is 46.5 Å². The van der Waals surface area contributed by atoms with Gasteiger partial charge in [0.25, 0.3) is 0 Å². The predicted octanol–water partition coefficient (Wildman–Crippen LogP) is 7.14. The molecule has 0 aromatic rings. The van der Waals surface area contributed by atoms with Crippen molar-refractivity contribution < 1.29 is 33.1 Å². The third-order valence-electron chi connectivity index (χ3n) is 7.14. The molecule has 0 aliphatic carbocycles. The summed E-state index contributed by atoms with van der Waals surface area (Å²) in [6, 6.07) is 0. The molecule has 0 aromatic carbocycles. The number of hydrogen-bond donors (Lipinski definition) is 0. The molecule has 7 heteroatoms. The highest BCUT2D eigenvalue weighted by atomic mass is 16.5. The summed E-state index contributed by atoms with van der Waals surface area (Å²) in [6.07, 6.45) is 17.8. The SMILES string of the molecule is CCCCCCCC(=O)OCC[N+](C)(CCOC(=O)CCCCCCC)CCOC(=O)CCCCCCC. The number of carbonyl (C=O) groups excluding carboxylic acids is 3. The van der Waals surface area contributed by atoms with Gasteiger partial charge >= 0.3 is 17.9 Å². The third kappa shape index (κ3) is 23.5. The molecule has 0 spiro atoms. The van der Waals surface area contributed by atoms with Crippen molar-refractivity contribution in [2.24, 2.45) is 0 Å². The van der Waals surface area contributed by atoms with Crippen molar-refractivity contribution in [3.63, 3.8) is 0 Å². The van der Waals surface area contributed by atoms with Gasteiger partial charge in [-0.1, -0.05) is 97.8 Å². The zero-order valence-electron chi connectivity index (χ0n) is 25.4. The van der Waals surface area contributed by atoms with Gasteiger partial charge in [-0.15, -0.1) is 0 Å². The summed E-state index contributed by atoms with van der Waals surface area (Å²) in [5, 5.41) is 0. The number of hydrogen-bond acceptors (Lipinski definition) is 6. The molecule has 0 fully saturated rings. The van der Waals surface area contributed by atoms with Crippen molar-refractivity contribution in [1.82, 2.24) is 0 Å². The van der Waals surface area contributed by atoms with E-state index in [0.717, 1.165) is 57.8 Å². The highest BCUT2D eigenvalue weighted by Crippen LogP contribution is 2.10. The van der Waals surface area contributed by atoms with Crippen molar-refractivity contribution in [1.29, 1.82) is 0 Å². The second-order valence-corrected chi connectivity index (χ2v) is 10.9.